The van der Waals surface area contributed by atoms with Crippen molar-refractivity contribution in [3.8, 4) is 0 Å². The Hall–Kier alpha value is -1.36. The van der Waals surface area contributed by atoms with Crippen LogP contribution in [0.25, 0.3) is 0 Å². The highest BCUT2D eigenvalue weighted by atomic mass is 35.5. The number of carbonyl (C=O) groups is 1. The molecular formula is C12H13ClFN3O. The molecule has 1 heterocycles. The van der Waals surface area contributed by atoms with Gasteiger partial charge < -0.3 is 10.6 Å². The largest absolute Gasteiger partial charge is 0.335 e. The monoisotopic (exact) mass is 269 g/mol. The molecule has 0 radical (unpaired) electrons. The van der Waals surface area contributed by atoms with Crippen LogP contribution in [-0.2, 0) is 0 Å². The number of urea groups is 1. The maximum absolute atomic E-state index is 13.1. The first-order valence-corrected chi connectivity index (χ1v) is 6.33. The topological polar surface area (TPSA) is 54.0 Å². The van der Waals surface area contributed by atoms with E-state index in [4.69, 9.17) is 11.6 Å². The molecule has 3 rings (SSSR count). The van der Waals surface area contributed by atoms with Crippen LogP contribution in [0.4, 0.5) is 14.9 Å². The van der Waals surface area contributed by atoms with Crippen molar-refractivity contribution in [3.05, 3.63) is 23.2 Å². The number of hydrogen-bond acceptors (Lipinski definition) is 2. The van der Waals surface area contributed by atoms with Crippen LogP contribution in [0.5, 0.6) is 0 Å². The van der Waals surface area contributed by atoms with Crippen molar-refractivity contribution in [1.29, 1.82) is 0 Å². The first kappa shape index (κ1) is 11.7. The van der Waals surface area contributed by atoms with Gasteiger partial charge >= 0.3 is 6.03 Å². The minimum atomic E-state index is -0.643. The minimum Gasteiger partial charge on any atom is -0.335 e. The van der Waals surface area contributed by atoms with Crippen LogP contribution in [-0.4, -0.2) is 17.1 Å². The van der Waals surface area contributed by atoms with Crippen molar-refractivity contribution < 1.29 is 9.18 Å². The predicted octanol–water partition coefficient (Wildman–Crippen LogP) is 2.94. The lowest BCUT2D eigenvalue weighted by Crippen LogP contribution is -2.46. The Morgan fingerprint density at radius 3 is 2.83 bits per heavy atom. The Morgan fingerprint density at radius 2 is 2.22 bits per heavy atom. The zero-order valence-electron chi connectivity index (χ0n) is 9.67. The van der Waals surface area contributed by atoms with Crippen LogP contribution in [0, 0.1) is 11.2 Å². The SMILES string of the molecule is O=C(Nc1cnc(Cl)c(F)c1)NC1CC2(CC2)C1. The van der Waals surface area contributed by atoms with E-state index in [9.17, 15) is 9.18 Å². The lowest BCUT2D eigenvalue weighted by atomic mass is 9.77. The van der Waals surface area contributed by atoms with Gasteiger partial charge in [-0.05, 0) is 31.1 Å². The molecule has 2 aliphatic carbocycles. The summed E-state index contributed by atoms with van der Waals surface area (Å²) in [4.78, 5) is 15.3. The number of hydrogen-bond donors (Lipinski definition) is 2. The van der Waals surface area contributed by atoms with Gasteiger partial charge in [-0.1, -0.05) is 11.6 Å². The van der Waals surface area contributed by atoms with Gasteiger partial charge in [-0.15, -0.1) is 0 Å². The molecule has 0 unspecified atom stereocenters. The molecule has 6 heteroatoms. The average Bonchev–Trinajstić information content (AvgIpc) is 3.03. The number of pyridine rings is 1. The standard InChI is InChI=1S/C12H13ClFN3O/c13-10-9(14)3-7(6-15-10)16-11(18)17-8-4-12(5-8)1-2-12/h3,6,8H,1-2,4-5H2,(H2,16,17,18). The molecule has 0 saturated heterocycles. The Labute approximate surface area is 109 Å². The van der Waals surface area contributed by atoms with Gasteiger partial charge in [0.25, 0.3) is 0 Å². The zero-order chi connectivity index (χ0) is 12.8. The average molecular weight is 270 g/mol. The summed E-state index contributed by atoms with van der Waals surface area (Å²) in [5.74, 6) is -0.643. The molecule has 0 aliphatic heterocycles. The first-order valence-electron chi connectivity index (χ1n) is 5.95. The molecule has 4 nitrogen and oxygen atoms in total. The number of nitrogens with zero attached hydrogens (tertiary/aromatic N) is 1. The maximum Gasteiger partial charge on any atom is 0.319 e. The number of anilines is 1. The second-order valence-electron chi connectivity index (χ2n) is 5.20. The molecular weight excluding hydrogens is 257 g/mol. The first-order chi connectivity index (χ1) is 8.56. The summed E-state index contributed by atoms with van der Waals surface area (Å²) in [5.41, 5.74) is 0.848. The van der Waals surface area contributed by atoms with E-state index in [1.807, 2.05) is 0 Å². The van der Waals surface area contributed by atoms with E-state index < -0.39 is 5.82 Å². The fourth-order valence-corrected chi connectivity index (χ4v) is 2.62. The van der Waals surface area contributed by atoms with Gasteiger partial charge in [0.2, 0.25) is 0 Å². The molecule has 1 aromatic rings. The molecule has 2 fully saturated rings. The summed E-state index contributed by atoms with van der Waals surface area (Å²) < 4.78 is 13.1. The van der Waals surface area contributed by atoms with Crippen LogP contribution in [0.2, 0.25) is 5.15 Å². The van der Waals surface area contributed by atoms with Crippen LogP contribution in [0.3, 0.4) is 0 Å². The van der Waals surface area contributed by atoms with Crippen LogP contribution >= 0.6 is 11.6 Å². The maximum atomic E-state index is 13.1. The third-order valence-electron chi connectivity index (χ3n) is 3.71. The molecule has 1 spiro atoms. The van der Waals surface area contributed by atoms with E-state index in [2.05, 4.69) is 15.6 Å². The number of rotatable bonds is 2. The van der Waals surface area contributed by atoms with E-state index in [-0.39, 0.29) is 17.2 Å². The van der Waals surface area contributed by atoms with Gasteiger partial charge in [0.1, 0.15) is 0 Å². The zero-order valence-corrected chi connectivity index (χ0v) is 10.4. The van der Waals surface area contributed by atoms with Crippen LogP contribution in [0.15, 0.2) is 12.3 Å². The number of amides is 2. The summed E-state index contributed by atoms with van der Waals surface area (Å²) in [5, 5.41) is 5.21. The van der Waals surface area contributed by atoms with Crippen molar-refractivity contribution in [2.24, 2.45) is 5.41 Å². The lowest BCUT2D eigenvalue weighted by Gasteiger charge is -2.36. The minimum absolute atomic E-state index is 0.198. The van der Waals surface area contributed by atoms with Gasteiger partial charge in [-0.2, -0.15) is 0 Å². The molecule has 1 aromatic heterocycles. The number of carbonyl (C=O) groups excluding carboxylic acids is 1. The van der Waals surface area contributed by atoms with Gasteiger partial charge in [-0.25, -0.2) is 14.2 Å². The van der Waals surface area contributed by atoms with Crippen molar-refractivity contribution in [2.75, 3.05) is 5.32 Å². The lowest BCUT2D eigenvalue weighted by molar-refractivity contribution is 0.195. The third kappa shape index (κ3) is 2.27. The predicted molar refractivity (Wildman–Crippen MR) is 66.0 cm³/mol. The van der Waals surface area contributed by atoms with E-state index in [1.165, 1.54) is 19.0 Å². The molecule has 96 valence electrons. The van der Waals surface area contributed by atoms with E-state index in [1.54, 1.807) is 0 Å². The third-order valence-corrected chi connectivity index (χ3v) is 3.98. The molecule has 0 atom stereocenters. The second-order valence-corrected chi connectivity index (χ2v) is 5.56. The Bertz CT molecular complexity index is 496. The van der Waals surface area contributed by atoms with E-state index in [0.29, 0.717) is 11.1 Å². The summed E-state index contributed by atoms with van der Waals surface area (Å²) in [7, 11) is 0. The van der Waals surface area contributed by atoms with Crippen molar-refractivity contribution >= 4 is 23.3 Å². The highest BCUT2D eigenvalue weighted by molar-refractivity contribution is 6.29. The molecule has 2 N–H and O–H groups in total. The molecule has 2 saturated carbocycles. The summed E-state index contributed by atoms with van der Waals surface area (Å²) in [6, 6.07) is 1.08. The Morgan fingerprint density at radius 1 is 1.50 bits per heavy atom. The molecule has 0 aromatic carbocycles. The van der Waals surface area contributed by atoms with Gasteiger partial charge in [0, 0.05) is 12.1 Å². The number of halogens is 2. The molecule has 2 amide bonds. The molecule has 0 bridgehead atoms. The van der Waals surface area contributed by atoms with E-state index in [0.717, 1.165) is 18.9 Å². The van der Waals surface area contributed by atoms with Crippen molar-refractivity contribution in [3.63, 3.8) is 0 Å². The quantitative estimate of drug-likeness (QED) is 0.811. The summed E-state index contributed by atoms with van der Waals surface area (Å²) in [6.07, 6.45) is 6.04. The van der Waals surface area contributed by atoms with Crippen molar-refractivity contribution in [1.82, 2.24) is 10.3 Å². The highest BCUT2D eigenvalue weighted by Gasteiger charge is 2.53. The van der Waals surface area contributed by atoms with Gasteiger partial charge in [0.15, 0.2) is 11.0 Å². The highest BCUT2D eigenvalue weighted by Crippen LogP contribution is 2.60. The Balaban J connectivity index is 1.52. The number of aromatic nitrogens is 1. The fourth-order valence-electron chi connectivity index (χ4n) is 2.51. The Kier molecular flexibility index (Phi) is 2.66. The van der Waals surface area contributed by atoms with Crippen molar-refractivity contribution in [2.45, 2.75) is 31.7 Å². The van der Waals surface area contributed by atoms with Gasteiger partial charge in [-0.3, -0.25) is 0 Å². The summed E-state index contributed by atoms with van der Waals surface area (Å²) in [6.45, 7) is 0. The molecule has 2 aliphatic rings. The second kappa shape index (κ2) is 4.09. The van der Waals surface area contributed by atoms with Crippen LogP contribution in [0.1, 0.15) is 25.7 Å². The summed E-state index contributed by atoms with van der Waals surface area (Å²) >= 11 is 5.46. The van der Waals surface area contributed by atoms with E-state index >= 15 is 0 Å². The number of nitrogens with one attached hydrogen (secondary N) is 2. The van der Waals surface area contributed by atoms with Gasteiger partial charge in [0.05, 0.1) is 11.9 Å². The fraction of sp³-hybridized carbons (Fsp3) is 0.500. The van der Waals surface area contributed by atoms with Crippen LogP contribution < -0.4 is 10.6 Å². The molecule has 18 heavy (non-hydrogen) atoms. The smallest absolute Gasteiger partial charge is 0.319 e. The normalized spacial score (nSPS) is 20.3.